The first-order valence-electron chi connectivity index (χ1n) is 5.66. The van der Waals surface area contributed by atoms with E-state index >= 15 is 0 Å². The molecule has 1 fully saturated rings. The third kappa shape index (κ3) is 2.51. The van der Waals surface area contributed by atoms with Gasteiger partial charge in [0, 0.05) is 24.3 Å². The second kappa shape index (κ2) is 5.27. The second-order valence-electron chi connectivity index (χ2n) is 4.13. The van der Waals surface area contributed by atoms with Crippen LogP contribution < -0.4 is 10.8 Å². The van der Waals surface area contributed by atoms with Crippen LogP contribution in [0.3, 0.4) is 0 Å². The monoisotopic (exact) mass is 224 g/mol. The van der Waals surface area contributed by atoms with Crippen molar-refractivity contribution in [3.8, 4) is 0 Å². The van der Waals surface area contributed by atoms with Crippen molar-refractivity contribution < 1.29 is 9.23 Å². The van der Waals surface area contributed by atoms with Gasteiger partial charge in [-0.2, -0.15) is 0 Å². The molecular formula is C12H17FN2O. The minimum atomic E-state index is -0.243. The summed E-state index contributed by atoms with van der Waals surface area (Å²) in [4.78, 5) is 6.90. The molecule has 4 heteroatoms. The molecule has 0 bridgehead atoms. The molecule has 16 heavy (non-hydrogen) atoms. The van der Waals surface area contributed by atoms with Crippen LogP contribution in [0.2, 0.25) is 0 Å². The zero-order chi connectivity index (χ0) is 11.4. The van der Waals surface area contributed by atoms with Crippen LogP contribution in [0.25, 0.3) is 0 Å². The first kappa shape index (κ1) is 11.4. The van der Waals surface area contributed by atoms with Crippen LogP contribution in [0.5, 0.6) is 0 Å². The van der Waals surface area contributed by atoms with Crippen LogP contribution in [0.15, 0.2) is 18.2 Å². The zero-order valence-corrected chi connectivity index (χ0v) is 9.29. The Bertz CT molecular complexity index is 351. The molecule has 2 rings (SSSR count). The Morgan fingerprint density at radius 3 is 2.69 bits per heavy atom. The lowest BCUT2D eigenvalue weighted by Gasteiger charge is -2.30. The fraction of sp³-hybridized carbons (Fsp3) is 0.500. The molecule has 0 saturated carbocycles. The van der Waals surface area contributed by atoms with E-state index in [-0.39, 0.29) is 12.4 Å². The molecule has 2 N–H and O–H groups in total. The molecule has 88 valence electrons. The summed E-state index contributed by atoms with van der Waals surface area (Å²) in [5, 5.41) is 0. The van der Waals surface area contributed by atoms with E-state index in [9.17, 15) is 4.39 Å². The smallest absolute Gasteiger partial charge is 0.123 e. The van der Waals surface area contributed by atoms with Crippen LogP contribution in [0.1, 0.15) is 24.8 Å². The van der Waals surface area contributed by atoms with E-state index < -0.39 is 0 Å². The van der Waals surface area contributed by atoms with E-state index in [1.54, 1.807) is 0 Å². The standard InChI is InChI=1S/C12H17FN2O/c13-11-4-5-12(10(8-11)9-16-14)15-6-2-1-3-7-15/h4-5,8H,1-3,6-7,9,14H2. The van der Waals surface area contributed by atoms with Crippen molar-refractivity contribution in [3.05, 3.63) is 29.6 Å². The van der Waals surface area contributed by atoms with Gasteiger partial charge >= 0.3 is 0 Å². The number of nitrogens with zero attached hydrogens (tertiary/aromatic N) is 1. The summed E-state index contributed by atoms with van der Waals surface area (Å²) in [7, 11) is 0. The molecule has 0 aromatic heterocycles. The number of anilines is 1. The maximum Gasteiger partial charge on any atom is 0.123 e. The molecule has 1 aromatic carbocycles. The molecule has 1 aromatic rings. The van der Waals surface area contributed by atoms with Gasteiger partial charge in [0.2, 0.25) is 0 Å². The van der Waals surface area contributed by atoms with Crippen molar-refractivity contribution in [1.82, 2.24) is 0 Å². The average Bonchev–Trinajstić information content (AvgIpc) is 2.31. The lowest BCUT2D eigenvalue weighted by molar-refractivity contribution is 0.124. The third-order valence-corrected chi connectivity index (χ3v) is 2.98. The van der Waals surface area contributed by atoms with Gasteiger partial charge in [0.15, 0.2) is 0 Å². The lowest BCUT2D eigenvalue weighted by atomic mass is 10.1. The number of rotatable bonds is 3. The SMILES string of the molecule is NOCc1cc(F)ccc1N1CCCCC1. The van der Waals surface area contributed by atoms with Gasteiger partial charge in [-0.05, 0) is 37.5 Å². The van der Waals surface area contributed by atoms with Crippen molar-refractivity contribution in [1.29, 1.82) is 0 Å². The van der Waals surface area contributed by atoms with Gasteiger partial charge in [0.05, 0.1) is 6.61 Å². The van der Waals surface area contributed by atoms with Crippen LogP contribution >= 0.6 is 0 Å². The molecule has 0 atom stereocenters. The second-order valence-corrected chi connectivity index (χ2v) is 4.13. The topological polar surface area (TPSA) is 38.5 Å². The Kier molecular flexibility index (Phi) is 3.74. The summed E-state index contributed by atoms with van der Waals surface area (Å²) >= 11 is 0. The first-order chi connectivity index (χ1) is 7.81. The van der Waals surface area contributed by atoms with Gasteiger partial charge in [-0.25, -0.2) is 10.3 Å². The maximum atomic E-state index is 13.1. The van der Waals surface area contributed by atoms with Crippen LogP contribution in [0.4, 0.5) is 10.1 Å². The Hall–Kier alpha value is -1.13. The molecule has 3 nitrogen and oxygen atoms in total. The quantitative estimate of drug-likeness (QED) is 0.800. The largest absolute Gasteiger partial charge is 0.371 e. The Morgan fingerprint density at radius 1 is 1.25 bits per heavy atom. The van der Waals surface area contributed by atoms with Gasteiger partial charge in [-0.3, -0.25) is 4.84 Å². The molecular weight excluding hydrogens is 207 g/mol. The summed E-state index contributed by atoms with van der Waals surface area (Å²) in [6.45, 7) is 2.32. The molecule has 1 heterocycles. The van der Waals surface area contributed by atoms with Crippen molar-refractivity contribution in [2.24, 2.45) is 5.90 Å². The Morgan fingerprint density at radius 2 is 2.00 bits per heavy atom. The average molecular weight is 224 g/mol. The fourth-order valence-electron chi connectivity index (χ4n) is 2.20. The highest BCUT2D eigenvalue weighted by molar-refractivity contribution is 5.53. The Balaban J connectivity index is 2.23. The number of benzene rings is 1. The van der Waals surface area contributed by atoms with Crippen LogP contribution in [-0.4, -0.2) is 13.1 Å². The molecule has 1 aliphatic heterocycles. The highest BCUT2D eigenvalue weighted by atomic mass is 19.1. The Labute approximate surface area is 94.9 Å². The minimum Gasteiger partial charge on any atom is -0.371 e. The van der Waals surface area contributed by atoms with Crippen molar-refractivity contribution in [2.45, 2.75) is 25.9 Å². The third-order valence-electron chi connectivity index (χ3n) is 2.98. The summed E-state index contributed by atoms with van der Waals surface area (Å²) in [6.07, 6.45) is 3.67. The van der Waals surface area contributed by atoms with Crippen LogP contribution in [0, 0.1) is 5.82 Å². The number of piperidine rings is 1. The fourth-order valence-corrected chi connectivity index (χ4v) is 2.20. The van der Waals surface area contributed by atoms with E-state index in [1.165, 1.54) is 31.4 Å². The van der Waals surface area contributed by atoms with E-state index in [0.717, 1.165) is 24.3 Å². The van der Waals surface area contributed by atoms with E-state index in [2.05, 4.69) is 9.74 Å². The lowest BCUT2D eigenvalue weighted by Crippen LogP contribution is -2.30. The zero-order valence-electron chi connectivity index (χ0n) is 9.29. The predicted molar refractivity (Wildman–Crippen MR) is 61.4 cm³/mol. The van der Waals surface area contributed by atoms with Gasteiger partial charge < -0.3 is 4.90 Å². The predicted octanol–water partition coefficient (Wildman–Crippen LogP) is 2.21. The van der Waals surface area contributed by atoms with E-state index in [1.807, 2.05) is 6.07 Å². The number of nitrogens with two attached hydrogens (primary N) is 1. The summed E-state index contributed by atoms with van der Waals surface area (Å²) < 4.78 is 13.1. The highest BCUT2D eigenvalue weighted by Gasteiger charge is 2.14. The number of halogens is 1. The molecule has 0 amide bonds. The van der Waals surface area contributed by atoms with Gasteiger partial charge in [-0.15, -0.1) is 0 Å². The number of hydrogen-bond acceptors (Lipinski definition) is 3. The van der Waals surface area contributed by atoms with Gasteiger partial charge in [-0.1, -0.05) is 0 Å². The van der Waals surface area contributed by atoms with Crippen molar-refractivity contribution in [2.75, 3.05) is 18.0 Å². The van der Waals surface area contributed by atoms with E-state index in [4.69, 9.17) is 5.90 Å². The summed E-state index contributed by atoms with van der Waals surface area (Å²) in [5.74, 6) is 4.83. The molecule has 0 spiro atoms. The van der Waals surface area contributed by atoms with Crippen molar-refractivity contribution >= 4 is 5.69 Å². The van der Waals surface area contributed by atoms with E-state index in [0.29, 0.717) is 0 Å². The minimum absolute atomic E-state index is 0.243. The van der Waals surface area contributed by atoms with Crippen LogP contribution in [-0.2, 0) is 11.4 Å². The van der Waals surface area contributed by atoms with Crippen molar-refractivity contribution in [3.63, 3.8) is 0 Å². The van der Waals surface area contributed by atoms with Gasteiger partial charge in [0.25, 0.3) is 0 Å². The summed E-state index contributed by atoms with van der Waals surface area (Å²) in [5.41, 5.74) is 1.87. The molecule has 1 saturated heterocycles. The molecule has 0 unspecified atom stereocenters. The first-order valence-corrected chi connectivity index (χ1v) is 5.66. The molecule has 1 aliphatic rings. The van der Waals surface area contributed by atoms with Gasteiger partial charge in [0.1, 0.15) is 5.82 Å². The highest BCUT2D eigenvalue weighted by Crippen LogP contribution is 2.25. The maximum absolute atomic E-state index is 13.1. The summed E-state index contributed by atoms with van der Waals surface area (Å²) in [6, 6.07) is 4.80. The number of hydrogen-bond donors (Lipinski definition) is 1. The molecule has 0 aliphatic carbocycles. The molecule has 0 radical (unpaired) electrons. The normalized spacial score (nSPS) is 16.5.